The molecule has 1 heterocycles. The maximum atomic E-state index is 14.2. The van der Waals surface area contributed by atoms with Crippen molar-refractivity contribution < 1.29 is 14.7 Å². The first kappa shape index (κ1) is 25.1. The van der Waals surface area contributed by atoms with Gasteiger partial charge in [0, 0.05) is 24.9 Å². The Morgan fingerprint density at radius 3 is 2.60 bits per heavy atom. The van der Waals surface area contributed by atoms with Gasteiger partial charge in [-0.1, -0.05) is 67.6 Å². The molecule has 9 nitrogen and oxygen atoms in total. The molecule has 2 aliphatic rings. The summed E-state index contributed by atoms with van der Waals surface area (Å²) in [5.41, 5.74) is 1.16. The molecule has 0 aliphatic heterocycles. The Bertz CT molecular complexity index is 916. The molecule has 0 radical (unpaired) electrons. The zero-order valence-corrected chi connectivity index (χ0v) is 20.4. The lowest BCUT2D eigenvalue weighted by molar-refractivity contribution is -0.143. The largest absolute Gasteiger partial charge is 0.465 e. The summed E-state index contributed by atoms with van der Waals surface area (Å²) in [7, 11) is 0. The van der Waals surface area contributed by atoms with Crippen LogP contribution in [0.4, 0.5) is 4.79 Å². The predicted octanol–water partition coefficient (Wildman–Crippen LogP) is 4.50. The summed E-state index contributed by atoms with van der Waals surface area (Å²) in [5.74, 6) is 1.27. The van der Waals surface area contributed by atoms with Crippen LogP contribution >= 0.6 is 0 Å². The van der Waals surface area contributed by atoms with E-state index in [-0.39, 0.29) is 23.9 Å². The van der Waals surface area contributed by atoms with Gasteiger partial charge in [-0.25, -0.2) is 4.79 Å². The fraction of sp³-hybridized carbons (Fsp3) is 0.654. The second-order valence-electron chi connectivity index (χ2n) is 10.1. The summed E-state index contributed by atoms with van der Waals surface area (Å²) in [5, 5.41) is 26.4. The lowest BCUT2D eigenvalue weighted by Crippen LogP contribution is -2.48. The molecule has 190 valence electrons. The summed E-state index contributed by atoms with van der Waals surface area (Å²) in [6.45, 7) is 0.468. The summed E-state index contributed by atoms with van der Waals surface area (Å²) in [6, 6.07) is 10.2. The van der Waals surface area contributed by atoms with E-state index in [0.717, 1.165) is 69.8 Å². The minimum Gasteiger partial charge on any atom is -0.465 e. The first-order valence-electron chi connectivity index (χ1n) is 13.2. The van der Waals surface area contributed by atoms with Crippen LogP contribution in [-0.4, -0.2) is 55.2 Å². The quantitative estimate of drug-likeness (QED) is 0.428. The maximum absolute atomic E-state index is 14.2. The molecule has 1 aromatic carbocycles. The van der Waals surface area contributed by atoms with Crippen LogP contribution in [0, 0.1) is 11.8 Å². The lowest BCUT2D eigenvalue weighted by Gasteiger charge is -2.42. The van der Waals surface area contributed by atoms with Crippen molar-refractivity contribution in [1.29, 1.82) is 0 Å². The summed E-state index contributed by atoms with van der Waals surface area (Å²) >= 11 is 0. The molecule has 3 N–H and O–H groups in total. The van der Waals surface area contributed by atoms with Gasteiger partial charge in [-0.15, -0.1) is 10.2 Å². The van der Waals surface area contributed by atoms with Crippen molar-refractivity contribution in [3.05, 3.63) is 41.7 Å². The van der Waals surface area contributed by atoms with Crippen LogP contribution in [0.15, 0.2) is 30.3 Å². The third kappa shape index (κ3) is 7.02. The topological polar surface area (TPSA) is 124 Å². The molecule has 0 spiro atoms. The van der Waals surface area contributed by atoms with Crippen LogP contribution in [0.1, 0.15) is 88.1 Å². The predicted molar refractivity (Wildman–Crippen MR) is 131 cm³/mol. The van der Waals surface area contributed by atoms with Crippen LogP contribution in [0.5, 0.6) is 0 Å². The fourth-order valence-corrected chi connectivity index (χ4v) is 5.98. The Morgan fingerprint density at radius 2 is 1.89 bits per heavy atom. The Labute approximate surface area is 207 Å². The number of amides is 2. The van der Waals surface area contributed by atoms with Gasteiger partial charge in [-0.05, 0) is 50.0 Å². The highest BCUT2D eigenvalue weighted by Gasteiger charge is 2.39. The Hall–Kier alpha value is -2.97. The highest BCUT2D eigenvalue weighted by molar-refractivity contribution is 5.80. The number of H-pyrrole nitrogens is 1. The normalized spacial score (nSPS) is 21.8. The number of aromatic amines is 1. The van der Waals surface area contributed by atoms with E-state index >= 15 is 0 Å². The van der Waals surface area contributed by atoms with Gasteiger partial charge in [0.15, 0.2) is 5.82 Å². The van der Waals surface area contributed by atoms with E-state index in [9.17, 15) is 9.59 Å². The smallest absolute Gasteiger partial charge is 0.404 e. The van der Waals surface area contributed by atoms with Crippen LogP contribution in [0.2, 0.25) is 0 Å². The molecular weight excluding hydrogens is 444 g/mol. The Morgan fingerprint density at radius 1 is 1.09 bits per heavy atom. The monoisotopic (exact) mass is 482 g/mol. The third-order valence-corrected chi connectivity index (χ3v) is 7.69. The van der Waals surface area contributed by atoms with Crippen LogP contribution < -0.4 is 5.32 Å². The number of aromatic nitrogens is 4. The van der Waals surface area contributed by atoms with Crippen LogP contribution in [-0.2, 0) is 11.2 Å². The first-order valence-corrected chi connectivity index (χ1v) is 13.2. The van der Waals surface area contributed by atoms with Gasteiger partial charge in [0.1, 0.15) is 0 Å². The molecule has 2 amide bonds. The molecule has 2 unspecified atom stereocenters. The Kier molecular flexibility index (Phi) is 9.08. The number of tetrazole rings is 1. The molecule has 2 aliphatic carbocycles. The van der Waals surface area contributed by atoms with Crippen molar-refractivity contribution in [2.75, 3.05) is 6.54 Å². The molecular formula is C26H38N6O3. The SMILES string of the molecule is O=C(O)NCCCC1CCCC(C(=O)N(C2CCCCC2)[C@@H](Cc2ccccc2)c2nn[nH]n2)C1. The maximum Gasteiger partial charge on any atom is 0.404 e. The molecule has 0 bridgehead atoms. The van der Waals surface area contributed by atoms with Gasteiger partial charge in [-0.2, -0.15) is 5.21 Å². The number of benzene rings is 1. The molecule has 9 heteroatoms. The first-order chi connectivity index (χ1) is 17.1. The molecule has 3 atom stereocenters. The number of hydrogen-bond donors (Lipinski definition) is 3. The number of carbonyl (C=O) groups excluding carboxylic acids is 1. The minimum atomic E-state index is -0.976. The minimum absolute atomic E-state index is 0.00622. The van der Waals surface area contributed by atoms with Crippen molar-refractivity contribution in [2.24, 2.45) is 11.8 Å². The van der Waals surface area contributed by atoms with E-state index in [1.54, 1.807) is 0 Å². The van der Waals surface area contributed by atoms with Gasteiger partial charge >= 0.3 is 6.09 Å². The van der Waals surface area contributed by atoms with Crippen LogP contribution in [0.3, 0.4) is 0 Å². The van der Waals surface area contributed by atoms with Gasteiger partial charge in [0.05, 0.1) is 6.04 Å². The number of carbonyl (C=O) groups is 2. The average molecular weight is 483 g/mol. The second kappa shape index (κ2) is 12.7. The molecule has 0 saturated heterocycles. The van der Waals surface area contributed by atoms with Crippen molar-refractivity contribution >= 4 is 12.0 Å². The second-order valence-corrected chi connectivity index (χ2v) is 10.1. The lowest BCUT2D eigenvalue weighted by atomic mass is 9.78. The van der Waals surface area contributed by atoms with Crippen molar-refractivity contribution in [3.63, 3.8) is 0 Å². The number of carboxylic acid groups (broad SMARTS) is 1. The van der Waals surface area contributed by atoms with E-state index < -0.39 is 6.09 Å². The van der Waals surface area contributed by atoms with E-state index in [4.69, 9.17) is 5.11 Å². The highest BCUT2D eigenvalue weighted by Crippen LogP contribution is 2.38. The number of hydrogen-bond acceptors (Lipinski definition) is 5. The Balaban J connectivity index is 1.52. The molecule has 35 heavy (non-hydrogen) atoms. The van der Waals surface area contributed by atoms with Crippen molar-refractivity contribution in [2.45, 2.75) is 89.1 Å². The molecule has 2 aromatic rings. The molecule has 2 fully saturated rings. The van der Waals surface area contributed by atoms with E-state index in [2.05, 4.69) is 43.0 Å². The standard InChI is InChI=1S/C26H38N6O3/c33-25(21-13-7-11-19(17-21)12-8-16-27-26(34)35)32(22-14-5-2-6-15-22)23(24-28-30-31-29-24)18-20-9-3-1-4-10-20/h1,3-4,9-10,19,21-23,27H,2,5-8,11-18H2,(H,34,35)(H,28,29,30,31)/t19?,21?,23-/m0/s1. The zero-order valence-electron chi connectivity index (χ0n) is 20.4. The molecule has 4 rings (SSSR count). The van der Waals surface area contributed by atoms with Gasteiger partial charge in [0.25, 0.3) is 0 Å². The molecule has 1 aromatic heterocycles. The zero-order chi connectivity index (χ0) is 24.5. The van der Waals surface area contributed by atoms with Gasteiger partial charge in [-0.3, -0.25) is 4.79 Å². The van der Waals surface area contributed by atoms with Crippen molar-refractivity contribution in [1.82, 2.24) is 30.8 Å². The fourth-order valence-electron chi connectivity index (χ4n) is 5.98. The summed E-state index contributed by atoms with van der Waals surface area (Å²) in [4.78, 5) is 27.1. The van der Waals surface area contributed by atoms with Gasteiger partial charge in [0.2, 0.25) is 5.91 Å². The number of nitrogens with one attached hydrogen (secondary N) is 2. The summed E-state index contributed by atoms with van der Waals surface area (Å²) in [6.07, 6.45) is 10.9. The van der Waals surface area contributed by atoms with Crippen molar-refractivity contribution in [3.8, 4) is 0 Å². The van der Waals surface area contributed by atoms with E-state index in [1.807, 2.05) is 18.2 Å². The van der Waals surface area contributed by atoms with E-state index in [1.165, 1.54) is 6.42 Å². The number of nitrogens with zero attached hydrogens (tertiary/aromatic N) is 4. The van der Waals surface area contributed by atoms with E-state index in [0.29, 0.717) is 24.7 Å². The third-order valence-electron chi connectivity index (χ3n) is 7.69. The number of rotatable bonds is 10. The highest BCUT2D eigenvalue weighted by atomic mass is 16.4. The average Bonchev–Trinajstić information content (AvgIpc) is 3.42. The van der Waals surface area contributed by atoms with Crippen LogP contribution in [0.25, 0.3) is 0 Å². The summed E-state index contributed by atoms with van der Waals surface area (Å²) < 4.78 is 0. The molecule has 2 saturated carbocycles. The van der Waals surface area contributed by atoms with Gasteiger partial charge < -0.3 is 15.3 Å².